The minimum atomic E-state index is 0.615. The molecular formula is C24H30O3S2. The predicted octanol–water partition coefficient (Wildman–Crippen LogP) is 5.60. The number of thioether (sulfide) groups is 2. The van der Waals surface area contributed by atoms with E-state index in [0.29, 0.717) is 11.8 Å². The summed E-state index contributed by atoms with van der Waals surface area (Å²) in [6.45, 7) is 3.12. The van der Waals surface area contributed by atoms with Crippen LogP contribution in [0.25, 0.3) is 0 Å². The maximum absolute atomic E-state index is 5.90. The SMILES string of the molecule is c1cc2ccc1OCCSCCOCCSCCOc1ccc(cc1)C1CCC21. The van der Waals surface area contributed by atoms with Gasteiger partial charge in [-0.05, 0) is 60.1 Å². The normalized spacial score (nSPS) is 24.0. The van der Waals surface area contributed by atoms with Crippen molar-refractivity contribution in [2.45, 2.75) is 24.7 Å². The summed E-state index contributed by atoms with van der Waals surface area (Å²) in [7, 11) is 0. The van der Waals surface area contributed by atoms with Crippen molar-refractivity contribution in [3.63, 3.8) is 0 Å². The molecule has 4 aliphatic rings. The fourth-order valence-corrected chi connectivity index (χ4v) is 5.18. The zero-order chi connectivity index (χ0) is 19.7. The summed E-state index contributed by atoms with van der Waals surface area (Å²) in [6, 6.07) is 17.5. The van der Waals surface area contributed by atoms with Gasteiger partial charge in [0.25, 0.3) is 0 Å². The van der Waals surface area contributed by atoms with Crippen molar-refractivity contribution < 1.29 is 14.2 Å². The molecule has 156 valence electrons. The second-order valence-electron chi connectivity index (χ2n) is 7.46. The number of hydrogen-bond acceptors (Lipinski definition) is 5. The van der Waals surface area contributed by atoms with Gasteiger partial charge in [-0.3, -0.25) is 0 Å². The molecule has 1 fully saturated rings. The van der Waals surface area contributed by atoms with Crippen molar-refractivity contribution in [2.75, 3.05) is 49.4 Å². The van der Waals surface area contributed by atoms with Gasteiger partial charge in [-0.25, -0.2) is 0 Å². The van der Waals surface area contributed by atoms with Gasteiger partial charge in [0, 0.05) is 23.0 Å². The summed E-state index contributed by atoms with van der Waals surface area (Å²) in [4.78, 5) is 0. The Balaban J connectivity index is 1.39. The molecule has 1 saturated carbocycles. The van der Waals surface area contributed by atoms with Crippen molar-refractivity contribution in [3.8, 4) is 11.5 Å². The second kappa shape index (κ2) is 11.2. The van der Waals surface area contributed by atoms with Gasteiger partial charge in [-0.15, -0.1) is 0 Å². The summed E-state index contributed by atoms with van der Waals surface area (Å²) < 4.78 is 17.5. The Bertz CT molecular complexity index is 669. The molecule has 2 unspecified atom stereocenters. The lowest BCUT2D eigenvalue weighted by atomic mass is 9.67. The Morgan fingerprint density at radius 3 is 1.38 bits per heavy atom. The van der Waals surface area contributed by atoms with E-state index in [4.69, 9.17) is 14.2 Å². The minimum absolute atomic E-state index is 0.615. The molecule has 5 heteroatoms. The van der Waals surface area contributed by atoms with Gasteiger partial charge in [0.1, 0.15) is 11.5 Å². The lowest BCUT2D eigenvalue weighted by Gasteiger charge is -2.37. The van der Waals surface area contributed by atoms with Gasteiger partial charge >= 0.3 is 0 Å². The Hall–Kier alpha value is -1.30. The summed E-state index contributed by atoms with van der Waals surface area (Å²) in [5, 5.41) is 0. The van der Waals surface area contributed by atoms with Crippen LogP contribution in [0.5, 0.6) is 11.5 Å². The van der Waals surface area contributed by atoms with E-state index in [2.05, 4.69) is 48.5 Å². The summed E-state index contributed by atoms with van der Waals surface area (Å²) in [5.74, 6) is 7.21. The molecule has 2 atom stereocenters. The highest BCUT2D eigenvalue weighted by Gasteiger charge is 2.33. The zero-order valence-electron chi connectivity index (χ0n) is 16.9. The molecule has 3 heterocycles. The average Bonchev–Trinajstić information content (AvgIpc) is 2.72. The standard InChI is InChI=1S/C24H30O3S2/c1-5-21-6-2-19(1)23-9-10-24(23)20-3-7-22(8-4-20)27-14-18-29-16-12-25-11-15-28-17-13-26-21/h1-8,23-24H,9-18H2. The Morgan fingerprint density at radius 2 is 0.966 bits per heavy atom. The highest BCUT2D eigenvalue weighted by molar-refractivity contribution is 7.99. The van der Waals surface area contributed by atoms with Crippen LogP contribution in [0.2, 0.25) is 0 Å². The average molecular weight is 431 g/mol. The van der Waals surface area contributed by atoms with Gasteiger partial charge in [0.2, 0.25) is 0 Å². The molecule has 0 aromatic heterocycles. The fourth-order valence-electron chi connectivity index (χ4n) is 3.90. The Morgan fingerprint density at radius 1 is 0.552 bits per heavy atom. The lowest BCUT2D eigenvalue weighted by Crippen LogP contribution is -2.21. The monoisotopic (exact) mass is 430 g/mol. The van der Waals surface area contributed by atoms with Crippen LogP contribution in [-0.4, -0.2) is 49.4 Å². The Labute approximate surface area is 182 Å². The van der Waals surface area contributed by atoms with E-state index in [1.165, 1.54) is 24.0 Å². The minimum Gasteiger partial charge on any atom is -0.493 e. The largest absolute Gasteiger partial charge is 0.493 e. The van der Waals surface area contributed by atoms with Crippen molar-refractivity contribution in [3.05, 3.63) is 59.7 Å². The zero-order valence-corrected chi connectivity index (χ0v) is 18.5. The molecule has 6 rings (SSSR count). The topological polar surface area (TPSA) is 27.7 Å². The summed E-state index contributed by atoms with van der Waals surface area (Å²) in [6.07, 6.45) is 2.53. The summed E-state index contributed by atoms with van der Waals surface area (Å²) >= 11 is 3.78. The van der Waals surface area contributed by atoms with E-state index in [-0.39, 0.29) is 0 Å². The number of hydrogen-bond donors (Lipinski definition) is 0. The van der Waals surface area contributed by atoms with Crippen molar-refractivity contribution in [2.24, 2.45) is 0 Å². The van der Waals surface area contributed by atoms with E-state index in [1.54, 1.807) is 0 Å². The van der Waals surface area contributed by atoms with Gasteiger partial charge < -0.3 is 14.2 Å². The predicted molar refractivity (Wildman–Crippen MR) is 124 cm³/mol. The molecule has 4 bridgehead atoms. The molecule has 2 aromatic carbocycles. The number of rotatable bonds is 0. The van der Waals surface area contributed by atoms with E-state index >= 15 is 0 Å². The third kappa shape index (κ3) is 6.09. The third-order valence-corrected chi connectivity index (χ3v) is 7.45. The number of ether oxygens (including phenoxy) is 3. The van der Waals surface area contributed by atoms with Gasteiger partial charge in [0.05, 0.1) is 26.4 Å². The highest BCUT2D eigenvalue weighted by Crippen LogP contribution is 2.49. The van der Waals surface area contributed by atoms with Crippen LogP contribution in [0.3, 0.4) is 0 Å². The Kier molecular flexibility index (Phi) is 8.08. The summed E-state index contributed by atoms with van der Waals surface area (Å²) in [5.41, 5.74) is 2.85. The smallest absolute Gasteiger partial charge is 0.119 e. The van der Waals surface area contributed by atoms with Crippen molar-refractivity contribution in [1.82, 2.24) is 0 Å². The first-order valence-corrected chi connectivity index (χ1v) is 12.9. The molecule has 0 saturated heterocycles. The molecule has 0 spiro atoms. The van der Waals surface area contributed by atoms with E-state index < -0.39 is 0 Å². The van der Waals surface area contributed by atoms with Crippen LogP contribution in [0.1, 0.15) is 35.8 Å². The second-order valence-corrected chi connectivity index (χ2v) is 9.91. The highest BCUT2D eigenvalue weighted by atomic mass is 32.2. The van der Waals surface area contributed by atoms with Crippen molar-refractivity contribution in [1.29, 1.82) is 0 Å². The number of benzene rings is 2. The van der Waals surface area contributed by atoms with Gasteiger partial charge in [0.15, 0.2) is 0 Å². The molecule has 0 amide bonds. The molecule has 29 heavy (non-hydrogen) atoms. The fraction of sp³-hybridized carbons (Fsp3) is 0.500. The number of fused-ring (bicyclic) bond motifs is 2. The van der Waals surface area contributed by atoms with Crippen LogP contribution in [-0.2, 0) is 4.74 Å². The maximum atomic E-state index is 5.90. The first-order valence-electron chi connectivity index (χ1n) is 10.6. The lowest BCUT2D eigenvalue weighted by molar-refractivity contribution is 0.167. The first kappa shape index (κ1) is 21.0. The van der Waals surface area contributed by atoms with Crippen LogP contribution in [0.15, 0.2) is 48.5 Å². The van der Waals surface area contributed by atoms with Gasteiger partial charge in [-0.2, -0.15) is 23.5 Å². The first-order chi connectivity index (χ1) is 14.4. The molecule has 0 radical (unpaired) electrons. The van der Waals surface area contributed by atoms with Crippen molar-refractivity contribution >= 4 is 23.5 Å². The molecule has 3 aliphatic heterocycles. The molecule has 2 aromatic rings. The van der Waals surface area contributed by atoms with E-state index in [9.17, 15) is 0 Å². The molecule has 1 aliphatic carbocycles. The molecule has 0 N–H and O–H groups in total. The molecular weight excluding hydrogens is 400 g/mol. The quantitative estimate of drug-likeness (QED) is 0.542. The van der Waals surface area contributed by atoms with E-state index in [0.717, 1.165) is 60.9 Å². The van der Waals surface area contributed by atoms with Crippen LogP contribution in [0, 0.1) is 0 Å². The van der Waals surface area contributed by atoms with Crippen LogP contribution < -0.4 is 9.47 Å². The maximum Gasteiger partial charge on any atom is 0.119 e. The molecule has 3 nitrogen and oxygen atoms in total. The van der Waals surface area contributed by atoms with Crippen LogP contribution in [0.4, 0.5) is 0 Å². The van der Waals surface area contributed by atoms with E-state index in [1.807, 2.05) is 23.5 Å². The third-order valence-electron chi connectivity index (χ3n) is 5.63. The van der Waals surface area contributed by atoms with Gasteiger partial charge in [-0.1, -0.05) is 24.3 Å². The van der Waals surface area contributed by atoms with Crippen LogP contribution >= 0.6 is 23.5 Å².